The number of nitrogens with zero attached hydrogens (tertiary/aromatic N) is 14. The Kier molecular flexibility index (Phi) is 22.4. The topological polar surface area (TPSA) is 306 Å². The van der Waals surface area contributed by atoms with Gasteiger partial charge in [0.15, 0.2) is 57.4 Å². The van der Waals surface area contributed by atoms with E-state index in [0.717, 1.165) is 105 Å². The van der Waals surface area contributed by atoms with Gasteiger partial charge in [-0.25, -0.2) is 29.4 Å². The fraction of sp³-hybridized carbons (Fsp3) is 0.354. The first kappa shape index (κ1) is 83.0. The van der Waals surface area contributed by atoms with E-state index in [9.17, 15) is 58.8 Å². The first-order valence-corrected chi connectivity index (χ1v) is 47.9. The quantitative estimate of drug-likeness (QED) is 0.125. The normalized spacial score (nSPS) is 24.4. The van der Waals surface area contributed by atoms with Gasteiger partial charge in [-0.1, -0.05) is 158 Å². The number of fused-ring (bicyclic) bond motifs is 16. The molecule has 12 aliphatic heterocycles. The molecule has 24 rings (SSSR count). The summed E-state index contributed by atoms with van der Waals surface area (Å²) in [5.41, 5.74) is 6.70. The highest BCUT2D eigenvalue weighted by Gasteiger charge is 2.53. The zero-order valence-corrected chi connectivity index (χ0v) is 73.3. The summed E-state index contributed by atoms with van der Waals surface area (Å²) < 4.78 is 18.4. The van der Waals surface area contributed by atoms with Gasteiger partial charge in [-0.2, -0.15) is 23.5 Å². The van der Waals surface area contributed by atoms with Crippen LogP contribution in [0.5, 0.6) is 23.0 Å². The number of benzene rings is 6. The number of amides is 4. The van der Waals surface area contributed by atoms with Crippen molar-refractivity contribution in [2.75, 3.05) is 72.6 Å². The van der Waals surface area contributed by atoms with Crippen LogP contribution in [0.1, 0.15) is 177 Å². The molecule has 6 aromatic carbocycles. The van der Waals surface area contributed by atoms with Gasteiger partial charge in [-0.3, -0.25) is 57.7 Å². The molecule has 32 heteroatoms. The Bertz CT molecular complexity index is 6080. The number of hydrogen-bond donors (Lipinski definition) is 4. The number of rotatable bonds is 2. The van der Waals surface area contributed by atoms with Crippen LogP contribution in [-0.4, -0.2) is 182 Å². The van der Waals surface area contributed by atoms with Crippen molar-refractivity contribution in [2.24, 2.45) is 21.8 Å². The summed E-state index contributed by atoms with van der Waals surface area (Å²) in [6.45, 7) is 3.75. The fourth-order valence-electron chi connectivity index (χ4n) is 21.3. The van der Waals surface area contributed by atoms with Crippen LogP contribution >= 0.6 is 47.0 Å². The number of aromatic hydroxyl groups is 4. The molecule has 0 radical (unpaired) electrons. The first-order valence-electron chi connectivity index (χ1n) is 44.2. The summed E-state index contributed by atoms with van der Waals surface area (Å²) in [4.78, 5) is 124. The van der Waals surface area contributed by atoms with Crippen molar-refractivity contribution >= 4 is 93.7 Å². The predicted octanol–water partition coefficient (Wildman–Crippen LogP) is 13.1. The summed E-state index contributed by atoms with van der Waals surface area (Å²) in [6.07, 6.45) is 20.1. The molecule has 2 aliphatic carbocycles. The number of aliphatic imine (C=N–C) groups is 2. The molecular formula is C96H94N14O14S4. The lowest BCUT2D eigenvalue weighted by Gasteiger charge is -2.53. The molecular weight excluding hydrogens is 1700 g/mol. The van der Waals surface area contributed by atoms with Crippen molar-refractivity contribution in [3.8, 4) is 23.0 Å². The molecule has 0 bridgehead atoms. The monoisotopic (exact) mass is 1790 g/mol. The van der Waals surface area contributed by atoms with Gasteiger partial charge >= 0.3 is 0 Å². The van der Waals surface area contributed by atoms with E-state index in [1.54, 1.807) is 86.6 Å². The minimum atomic E-state index is -0.566. The van der Waals surface area contributed by atoms with Gasteiger partial charge in [0.2, 0.25) is 21.7 Å². The number of aromatic nitrogens is 4. The van der Waals surface area contributed by atoms with Gasteiger partial charge in [0, 0.05) is 128 Å². The van der Waals surface area contributed by atoms with Gasteiger partial charge in [0.1, 0.15) is 24.7 Å². The number of carbonyl (C=O) groups is 4. The Morgan fingerprint density at radius 2 is 0.672 bits per heavy atom. The van der Waals surface area contributed by atoms with E-state index in [1.807, 2.05) is 118 Å². The zero-order valence-electron chi connectivity index (χ0n) is 70.0. The van der Waals surface area contributed by atoms with E-state index in [0.29, 0.717) is 86.6 Å². The molecule has 28 nitrogen and oxygen atoms in total. The van der Waals surface area contributed by atoms with Crippen molar-refractivity contribution in [3.05, 3.63) is 292 Å². The Morgan fingerprint density at radius 3 is 1.09 bits per heavy atom. The molecule has 128 heavy (non-hydrogen) atoms. The largest absolute Gasteiger partial charge is 0.502 e. The number of ether oxygens (including phenoxy) is 2. The van der Waals surface area contributed by atoms with Gasteiger partial charge < -0.3 is 49.5 Å². The lowest BCUT2D eigenvalue weighted by molar-refractivity contribution is -0.0241. The predicted molar refractivity (Wildman–Crippen MR) is 490 cm³/mol. The number of morpholine rings is 2. The van der Waals surface area contributed by atoms with Crippen LogP contribution in [0.2, 0.25) is 0 Å². The van der Waals surface area contributed by atoms with Crippen LogP contribution in [0.15, 0.2) is 243 Å². The Hall–Kier alpha value is -11.9. The van der Waals surface area contributed by atoms with Gasteiger partial charge in [-0.05, 0) is 135 Å². The summed E-state index contributed by atoms with van der Waals surface area (Å²) in [5.74, 6) is 0.910. The van der Waals surface area contributed by atoms with Crippen molar-refractivity contribution in [3.63, 3.8) is 0 Å². The molecule has 4 saturated heterocycles. The molecule has 2 saturated carbocycles. The molecule has 4 N–H and O–H groups in total. The number of pyridine rings is 4. The average Bonchev–Trinajstić information content (AvgIpc) is 1.07. The third kappa shape index (κ3) is 14.4. The molecule has 14 aliphatic rings. The molecule has 0 spiro atoms. The number of piperidine rings is 2. The van der Waals surface area contributed by atoms with E-state index in [2.05, 4.69) is 70.7 Å². The first-order chi connectivity index (χ1) is 62.6. The number of thioether (sulfide) groups is 2. The molecule has 10 atom stereocenters. The lowest BCUT2D eigenvalue weighted by atomic mass is 9.79. The molecule has 10 aromatic rings. The summed E-state index contributed by atoms with van der Waals surface area (Å²) in [5, 5.41) is 51.9. The lowest BCUT2D eigenvalue weighted by Crippen LogP contribution is -2.67. The Labute approximate surface area is 753 Å². The number of carbonyl (C=O) groups excluding carboxylic acids is 4. The van der Waals surface area contributed by atoms with E-state index in [4.69, 9.17) is 19.5 Å². The van der Waals surface area contributed by atoms with Crippen LogP contribution in [0.4, 0.5) is 11.4 Å². The van der Waals surface area contributed by atoms with E-state index >= 15 is 0 Å². The molecule has 656 valence electrons. The fourth-order valence-corrected chi connectivity index (χ4v) is 26.4. The van der Waals surface area contributed by atoms with Crippen LogP contribution in [0.25, 0.3) is 0 Å². The Balaban J connectivity index is 0.000000104. The molecule has 16 heterocycles. The van der Waals surface area contributed by atoms with Crippen molar-refractivity contribution in [2.45, 2.75) is 168 Å². The number of para-hydroxylation sites is 2. The van der Waals surface area contributed by atoms with Crippen LogP contribution in [0, 0.1) is 11.8 Å². The SMILES string of the molecule is O=C1c2c(O)c(=O)ccn2N(C2=Nc3ccccc3Sc3ccccc32)C2CCCCN12.O=C1c2c(O)c(=O)ccn2N(C2=Nc3ccccc3Sc3ccccc32)[C@@H]2CCCCN12.O=C1c2c(O)c(=O)ccn2N(C2c3ccccc3CSC3CCCCC32)C2COCCN12.O=C1c2c(O)c(=O)ccn2N([C@H]2c3ccccc3CSC3CCCCC32)[C@@H]2COCCN12. The molecule has 4 aromatic heterocycles. The Morgan fingerprint density at radius 1 is 0.336 bits per heavy atom. The highest BCUT2D eigenvalue weighted by atomic mass is 32.2. The van der Waals surface area contributed by atoms with E-state index < -0.39 is 44.7 Å². The van der Waals surface area contributed by atoms with E-state index in [1.165, 1.54) is 85.0 Å². The zero-order chi connectivity index (χ0) is 87.3. The minimum absolute atomic E-state index is 0.0129. The van der Waals surface area contributed by atoms with Gasteiger partial charge in [0.05, 0.1) is 49.9 Å². The molecule has 4 amide bonds. The van der Waals surface area contributed by atoms with Crippen LogP contribution in [0.3, 0.4) is 0 Å². The second-order valence-electron chi connectivity index (χ2n) is 34.3. The van der Waals surface area contributed by atoms with Gasteiger partial charge in [-0.15, -0.1) is 0 Å². The average molecular weight is 1800 g/mol. The minimum Gasteiger partial charge on any atom is -0.502 e. The third-order valence-electron chi connectivity index (χ3n) is 27.2. The van der Waals surface area contributed by atoms with Crippen molar-refractivity contribution in [1.82, 2.24) is 38.3 Å². The maximum absolute atomic E-state index is 13.4. The summed E-state index contributed by atoms with van der Waals surface area (Å²) in [6, 6.07) is 54.7. The van der Waals surface area contributed by atoms with Crippen LogP contribution in [-0.2, 0) is 21.0 Å². The smallest absolute Gasteiger partial charge is 0.278 e. The van der Waals surface area contributed by atoms with Crippen LogP contribution < -0.4 is 41.8 Å². The standard InChI is InChI=1S/2C24H20N4O3S.2C24H27N3O4S/c2*29-17-12-14-27-21(22(17)30)24(31)26-13-6-5-11-20(26)28(27)23-15-7-1-3-9-18(15)32-19-10-4-2-8-16(19)25-23;2*28-18-9-10-26-22(23(18)29)24(30)25-11-12-31-13-20(25)27(26)21-16-6-2-1-5-15(16)14-32-19-8-4-3-7-17(19)21/h2*1-4,7-10,12,14,20,30H,5-6,11,13H2;2*1-2,5-6,9-10,17,19-21,29H,3-4,7-8,11-14H2/t20-;;17?,19?,20-,21+;/m1.1./s1. The number of hydrogen-bond acceptors (Lipinski definition) is 24. The maximum Gasteiger partial charge on any atom is 0.278 e. The summed E-state index contributed by atoms with van der Waals surface area (Å²) in [7, 11) is 0. The van der Waals surface area contributed by atoms with E-state index in [-0.39, 0.29) is 83.2 Å². The molecule has 7 unspecified atom stereocenters. The second kappa shape index (κ2) is 34.6. The van der Waals surface area contributed by atoms with Crippen molar-refractivity contribution in [1.29, 1.82) is 0 Å². The maximum atomic E-state index is 13.4. The number of amidine groups is 2. The summed E-state index contributed by atoms with van der Waals surface area (Å²) >= 11 is 7.41. The highest BCUT2D eigenvalue weighted by molar-refractivity contribution is 8.00. The van der Waals surface area contributed by atoms with Gasteiger partial charge in [0.25, 0.3) is 23.6 Å². The second-order valence-corrected chi connectivity index (χ2v) is 38.9. The third-order valence-corrected chi connectivity index (χ3v) is 32.5. The highest BCUT2D eigenvalue weighted by Crippen LogP contribution is 2.53. The molecule has 6 fully saturated rings. The van der Waals surface area contributed by atoms with Crippen molar-refractivity contribution < 1.29 is 49.1 Å².